The smallest absolute Gasteiger partial charge is 0.228 e. The van der Waals surface area contributed by atoms with Gasteiger partial charge in [-0.05, 0) is 19.1 Å². The molecule has 0 aromatic carbocycles. The van der Waals surface area contributed by atoms with Gasteiger partial charge in [-0.2, -0.15) is 5.10 Å². The monoisotopic (exact) mass is 298 g/mol. The average molecular weight is 298 g/mol. The van der Waals surface area contributed by atoms with Gasteiger partial charge in [-0.15, -0.1) is 0 Å². The number of H-pyrrole nitrogens is 1. The van der Waals surface area contributed by atoms with Gasteiger partial charge in [-0.25, -0.2) is 4.98 Å². The van der Waals surface area contributed by atoms with Crippen molar-refractivity contribution in [2.45, 2.75) is 19.9 Å². The van der Waals surface area contributed by atoms with Crippen molar-refractivity contribution in [1.29, 1.82) is 0 Å². The molecule has 0 atom stereocenters. The summed E-state index contributed by atoms with van der Waals surface area (Å²) in [7, 11) is 0. The summed E-state index contributed by atoms with van der Waals surface area (Å²) in [5.41, 5.74) is 1.61. The lowest BCUT2D eigenvalue weighted by atomic mass is 10.2. The predicted molar refractivity (Wildman–Crippen MR) is 76.4 cm³/mol. The Labute approximate surface area is 126 Å². The van der Waals surface area contributed by atoms with Gasteiger partial charge in [0.2, 0.25) is 5.91 Å². The first-order valence-electron chi connectivity index (χ1n) is 6.71. The van der Waals surface area contributed by atoms with Gasteiger partial charge < -0.3 is 9.84 Å². The second-order valence-electron chi connectivity index (χ2n) is 4.73. The molecule has 112 valence electrons. The number of hydrogen-bond acceptors (Lipinski definition) is 6. The quantitative estimate of drug-likeness (QED) is 0.728. The first kappa shape index (κ1) is 13.9. The standard InChI is InChI=1S/C14H14N6O2/c1-9-6-11(22-20-9)7-13(21)16-8-12-17-14(19-18-12)10-2-4-15-5-3-10/h2-6H,7-8H2,1H3,(H,16,21)(H,17,18,19). The van der Waals surface area contributed by atoms with E-state index in [1.165, 1.54) is 0 Å². The molecule has 0 aliphatic heterocycles. The molecule has 3 heterocycles. The van der Waals surface area contributed by atoms with Crippen LogP contribution in [-0.2, 0) is 17.8 Å². The van der Waals surface area contributed by atoms with Gasteiger partial charge in [0.1, 0.15) is 11.6 Å². The second-order valence-corrected chi connectivity index (χ2v) is 4.73. The van der Waals surface area contributed by atoms with Crippen LogP contribution in [0.1, 0.15) is 17.3 Å². The molecular weight excluding hydrogens is 284 g/mol. The molecule has 0 bridgehead atoms. The highest BCUT2D eigenvalue weighted by Crippen LogP contribution is 2.12. The number of hydrogen-bond donors (Lipinski definition) is 2. The number of aryl methyl sites for hydroxylation is 1. The first-order valence-corrected chi connectivity index (χ1v) is 6.71. The van der Waals surface area contributed by atoms with E-state index >= 15 is 0 Å². The van der Waals surface area contributed by atoms with Crippen molar-refractivity contribution >= 4 is 5.91 Å². The van der Waals surface area contributed by atoms with Gasteiger partial charge in [-0.1, -0.05) is 5.16 Å². The number of carbonyl (C=O) groups is 1. The van der Waals surface area contributed by atoms with Crippen molar-refractivity contribution in [3.05, 3.63) is 47.9 Å². The summed E-state index contributed by atoms with van der Waals surface area (Å²) in [6.45, 7) is 2.07. The molecule has 3 aromatic rings. The van der Waals surface area contributed by atoms with E-state index < -0.39 is 0 Å². The van der Waals surface area contributed by atoms with Gasteiger partial charge in [0, 0.05) is 24.0 Å². The lowest BCUT2D eigenvalue weighted by Gasteiger charge is -2.00. The third-order valence-corrected chi connectivity index (χ3v) is 2.93. The van der Waals surface area contributed by atoms with Gasteiger partial charge in [0.05, 0.1) is 18.7 Å². The second kappa shape index (κ2) is 6.17. The van der Waals surface area contributed by atoms with Crippen molar-refractivity contribution in [3.63, 3.8) is 0 Å². The van der Waals surface area contributed by atoms with Gasteiger partial charge >= 0.3 is 0 Å². The van der Waals surface area contributed by atoms with Crippen LogP contribution in [0.15, 0.2) is 35.1 Å². The predicted octanol–water partition coefficient (Wildman–Crippen LogP) is 1.02. The molecule has 8 nitrogen and oxygen atoms in total. The lowest BCUT2D eigenvalue weighted by Crippen LogP contribution is -2.24. The molecule has 22 heavy (non-hydrogen) atoms. The highest BCUT2D eigenvalue weighted by molar-refractivity contribution is 5.77. The summed E-state index contributed by atoms with van der Waals surface area (Å²) in [6.07, 6.45) is 3.49. The van der Waals surface area contributed by atoms with E-state index in [0.717, 1.165) is 11.3 Å². The van der Waals surface area contributed by atoms with Crippen molar-refractivity contribution in [2.75, 3.05) is 0 Å². The van der Waals surface area contributed by atoms with E-state index in [4.69, 9.17) is 4.52 Å². The fraction of sp³-hybridized carbons (Fsp3) is 0.214. The zero-order chi connectivity index (χ0) is 15.4. The number of aromatic nitrogens is 5. The Bertz CT molecular complexity index is 765. The number of rotatable bonds is 5. The molecule has 0 aliphatic rings. The van der Waals surface area contributed by atoms with E-state index in [0.29, 0.717) is 17.4 Å². The molecule has 1 amide bonds. The van der Waals surface area contributed by atoms with E-state index in [2.05, 4.69) is 30.6 Å². The summed E-state index contributed by atoms with van der Waals surface area (Å²) >= 11 is 0. The minimum atomic E-state index is -0.169. The molecule has 2 N–H and O–H groups in total. The fourth-order valence-electron chi connectivity index (χ4n) is 1.91. The molecule has 0 spiro atoms. The largest absolute Gasteiger partial charge is 0.361 e. The molecule has 0 unspecified atom stereocenters. The Morgan fingerprint density at radius 3 is 2.91 bits per heavy atom. The molecule has 0 radical (unpaired) electrons. The number of amides is 1. The highest BCUT2D eigenvalue weighted by atomic mass is 16.5. The number of nitrogens with one attached hydrogen (secondary N) is 2. The van der Waals surface area contributed by atoms with E-state index in [1.807, 2.05) is 12.1 Å². The Hall–Kier alpha value is -3.03. The van der Waals surface area contributed by atoms with E-state index in [9.17, 15) is 4.79 Å². The Balaban J connectivity index is 1.56. The van der Waals surface area contributed by atoms with Crippen LogP contribution in [-0.4, -0.2) is 31.2 Å². The van der Waals surface area contributed by atoms with Crippen molar-refractivity contribution in [3.8, 4) is 11.4 Å². The zero-order valence-electron chi connectivity index (χ0n) is 11.9. The van der Waals surface area contributed by atoms with Crippen LogP contribution in [0.2, 0.25) is 0 Å². The molecule has 0 fully saturated rings. The summed E-state index contributed by atoms with van der Waals surface area (Å²) in [4.78, 5) is 20.1. The summed E-state index contributed by atoms with van der Waals surface area (Å²) in [5.74, 6) is 1.51. The minimum Gasteiger partial charge on any atom is -0.361 e. The highest BCUT2D eigenvalue weighted by Gasteiger charge is 2.10. The fourth-order valence-corrected chi connectivity index (χ4v) is 1.91. The SMILES string of the molecule is Cc1cc(CC(=O)NCc2nc(-c3ccncc3)n[nH]2)on1. The maximum atomic E-state index is 11.8. The average Bonchev–Trinajstić information content (AvgIpc) is 3.15. The Morgan fingerprint density at radius 2 is 2.18 bits per heavy atom. The first-order chi connectivity index (χ1) is 10.7. The molecular formula is C14H14N6O2. The Morgan fingerprint density at radius 1 is 1.36 bits per heavy atom. The molecule has 0 aliphatic carbocycles. The van der Waals surface area contributed by atoms with Crippen LogP contribution in [0.3, 0.4) is 0 Å². The Kier molecular flexibility index (Phi) is 3.90. The molecule has 0 saturated carbocycles. The maximum Gasteiger partial charge on any atom is 0.228 e. The molecule has 8 heteroatoms. The maximum absolute atomic E-state index is 11.8. The zero-order valence-corrected chi connectivity index (χ0v) is 11.9. The van der Waals surface area contributed by atoms with Gasteiger partial charge in [-0.3, -0.25) is 14.9 Å². The minimum absolute atomic E-state index is 0.145. The van der Waals surface area contributed by atoms with Crippen molar-refractivity contribution in [2.24, 2.45) is 0 Å². The van der Waals surface area contributed by atoms with Crippen LogP contribution in [0.4, 0.5) is 0 Å². The number of nitrogens with zero attached hydrogens (tertiary/aromatic N) is 4. The van der Waals surface area contributed by atoms with Crippen LogP contribution >= 0.6 is 0 Å². The van der Waals surface area contributed by atoms with Crippen LogP contribution < -0.4 is 5.32 Å². The third kappa shape index (κ3) is 3.35. The molecule has 3 rings (SSSR count). The summed E-state index contributed by atoms with van der Waals surface area (Å²) < 4.78 is 5.00. The summed E-state index contributed by atoms with van der Waals surface area (Å²) in [5, 5.41) is 13.4. The topological polar surface area (TPSA) is 110 Å². The van der Waals surface area contributed by atoms with Crippen molar-refractivity contribution < 1.29 is 9.32 Å². The van der Waals surface area contributed by atoms with E-state index in [-0.39, 0.29) is 18.9 Å². The van der Waals surface area contributed by atoms with Gasteiger partial charge in [0.25, 0.3) is 0 Å². The number of pyridine rings is 1. The number of aromatic amines is 1. The third-order valence-electron chi connectivity index (χ3n) is 2.93. The van der Waals surface area contributed by atoms with Crippen LogP contribution in [0.25, 0.3) is 11.4 Å². The summed E-state index contributed by atoms with van der Waals surface area (Å²) in [6, 6.07) is 5.37. The molecule has 3 aromatic heterocycles. The van der Waals surface area contributed by atoms with Crippen molar-refractivity contribution in [1.82, 2.24) is 30.6 Å². The lowest BCUT2D eigenvalue weighted by molar-refractivity contribution is -0.120. The normalized spacial score (nSPS) is 10.6. The van der Waals surface area contributed by atoms with E-state index in [1.54, 1.807) is 25.4 Å². The number of carbonyl (C=O) groups excluding carboxylic acids is 1. The molecule has 0 saturated heterocycles. The van der Waals surface area contributed by atoms with Crippen LogP contribution in [0.5, 0.6) is 0 Å². The van der Waals surface area contributed by atoms with Crippen LogP contribution in [0, 0.1) is 6.92 Å². The van der Waals surface area contributed by atoms with Gasteiger partial charge in [0.15, 0.2) is 5.82 Å².